The van der Waals surface area contributed by atoms with Gasteiger partial charge in [-0.1, -0.05) is 29.8 Å². The van der Waals surface area contributed by atoms with E-state index in [2.05, 4.69) is 4.72 Å². The van der Waals surface area contributed by atoms with Crippen LogP contribution in [0, 0.1) is 6.92 Å². The summed E-state index contributed by atoms with van der Waals surface area (Å²) in [5.74, 6) is -0.377. The largest absolute Gasteiger partial charge is 0.370 e. The zero-order valence-corrected chi connectivity index (χ0v) is 13.1. The molecule has 1 amide bonds. The third-order valence-electron chi connectivity index (χ3n) is 3.20. The first-order valence-corrected chi connectivity index (χ1v) is 8.32. The number of nitrogens with one attached hydrogen (secondary N) is 1. The molecule has 22 heavy (non-hydrogen) atoms. The van der Waals surface area contributed by atoms with Gasteiger partial charge in [0.1, 0.15) is 0 Å². The number of aryl methyl sites for hydroxylation is 2. The van der Waals surface area contributed by atoms with Crippen molar-refractivity contribution in [2.45, 2.75) is 24.7 Å². The van der Waals surface area contributed by atoms with Gasteiger partial charge in [0.15, 0.2) is 0 Å². The lowest BCUT2D eigenvalue weighted by molar-refractivity contribution is -0.117. The SMILES string of the molecule is Cc1ccc(NS(=O)(=O)c2ccc(CCC(N)=O)cc2)cc1. The standard InChI is InChI=1S/C16H18N2O3S/c1-12-2-7-14(8-3-12)18-22(20,21)15-9-4-13(5-10-15)6-11-16(17)19/h2-5,7-10,18H,6,11H2,1H3,(H2,17,19). The molecule has 0 saturated carbocycles. The van der Waals surface area contributed by atoms with Gasteiger partial charge in [-0.3, -0.25) is 9.52 Å². The van der Waals surface area contributed by atoms with Gasteiger partial charge in [0, 0.05) is 12.1 Å². The number of hydrogen-bond acceptors (Lipinski definition) is 3. The fraction of sp³-hybridized carbons (Fsp3) is 0.188. The van der Waals surface area contributed by atoms with Crippen LogP contribution in [0.25, 0.3) is 0 Å². The lowest BCUT2D eigenvalue weighted by atomic mass is 10.1. The molecule has 5 nitrogen and oxygen atoms in total. The summed E-state index contributed by atoms with van der Waals surface area (Å²) in [5, 5.41) is 0. The lowest BCUT2D eigenvalue weighted by Gasteiger charge is -2.09. The zero-order valence-electron chi connectivity index (χ0n) is 12.2. The van der Waals surface area contributed by atoms with Gasteiger partial charge >= 0.3 is 0 Å². The Morgan fingerprint density at radius 3 is 2.18 bits per heavy atom. The van der Waals surface area contributed by atoms with Crippen LogP contribution in [0.2, 0.25) is 0 Å². The third-order valence-corrected chi connectivity index (χ3v) is 4.59. The van der Waals surface area contributed by atoms with Gasteiger partial charge in [-0.2, -0.15) is 0 Å². The number of benzene rings is 2. The smallest absolute Gasteiger partial charge is 0.261 e. The van der Waals surface area contributed by atoms with Crippen molar-refractivity contribution in [1.29, 1.82) is 0 Å². The quantitative estimate of drug-likeness (QED) is 0.855. The van der Waals surface area contributed by atoms with Gasteiger partial charge in [-0.25, -0.2) is 8.42 Å². The van der Waals surface area contributed by atoms with Gasteiger partial charge < -0.3 is 5.73 Å². The molecule has 116 valence electrons. The summed E-state index contributed by atoms with van der Waals surface area (Å²) in [4.78, 5) is 10.9. The van der Waals surface area contributed by atoms with E-state index in [1.54, 1.807) is 24.3 Å². The molecule has 2 rings (SSSR count). The van der Waals surface area contributed by atoms with Crippen molar-refractivity contribution in [3.05, 3.63) is 59.7 Å². The van der Waals surface area contributed by atoms with Crippen LogP contribution in [-0.2, 0) is 21.2 Å². The number of amides is 1. The van der Waals surface area contributed by atoms with E-state index in [0.29, 0.717) is 12.1 Å². The molecule has 2 aromatic rings. The van der Waals surface area contributed by atoms with Crippen molar-refractivity contribution < 1.29 is 13.2 Å². The number of anilines is 1. The number of nitrogens with two attached hydrogens (primary N) is 1. The van der Waals surface area contributed by atoms with Crippen LogP contribution in [0.4, 0.5) is 5.69 Å². The fourth-order valence-corrected chi connectivity index (χ4v) is 3.00. The monoisotopic (exact) mass is 318 g/mol. The van der Waals surface area contributed by atoms with E-state index in [-0.39, 0.29) is 17.2 Å². The molecular formula is C16H18N2O3S. The molecule has 3 N–H and O–H groups in total. The summed E-state index contributed by atoms with van der Waals surface area (Å²) in [6, 6.07) is 13.5. The minimum absolute atomic E-state index is 0.177. The molecule has 0 aliphatic rings. The van der Waals surface area contributed by atoms with Gasteiger partial charge in [0.05, 0.1) is 4.90 Å². The number of rotatable bonds is 6. The number of carbonyl (C=O) groups is 1. The van der Waals surface area contributed by atoms with Crippen LogP contribution in [0.5, 0.6) is 0 Å². The lowest BCUT2D eigenvalue weighted by Crippen LogP contribution is -2.13. The highest BCUT2D eigenvalue weighted by Gasteiger charge is 2.13. The zero-order chi connectivity index (χ0) is 16.2. The van der Waals surface area contributed by atoms with Crippen LogP contribution in [0.15, 0.2) is 53.4 Å². The van der Waals surface area contributed by atoms with Crippen LogP contribution >= 0.6 is 0 Å². The number of sulfonamides is 1. The summed E-state index contributed by atoms with van der Waals surface area (Å²) in [6.45, 7) is 1.93. The van der Waals surface area contributed by atoms with Crippen molar-refractivity contribution in [3.8, 4) is 0 Å². The molecule has 0 unspecified atom stereocenters. The van der Waals surface area contributed by atoms with Crippen molar-refractivity contribution >= 4 is 21.6 Å². The van der Waals surface area contributed by atoms with Crippen molar-refractivity contribution in [3.63, 3.8) is 0 Å². The third kappa shape index (κ3) is 4.33. The average Bonchev–Trinajstić information content (AvgIpc) is 2.48. The molecule has 0 heterocycles. The van der Waals surface area contributed by atoms with Crippen molar-refractivity contribution in [2.24, 2.45) is 5.73 Å². The average molecular weight is 318 g/mol. The maximum Gasteiger partial charge on any atom is 0.261 e. The van der Waals surface area contributed by atoms with E-state index in [0.717, 1.165) is 11.1 Å². The highest BCUT2D eigenvalue weighted by atomic mass is 32.2. The fourth-order valence-electron chi connectivity index (χ4n) is 1.94. The summed E-state index contributed by atoms with van der Waals surface area (Å²) < 4.78 is 27.1. The highest BCUT2D eigenvalue weighted by molar-refractivity contribution is 7.92. The predicted octanol–water partition coefficient (Wildman–Crippen LogP) is 2.21. The van der Waals surface area contributed by atoms with E-state index < -0.39 is 10.0 Å². The molecular weight excluding hydrogens is 300 g/mol. The Hall–Kier alpha value is -2.34. The molecule has 0 spiro atoms. The maximum absolute atomic E-state index is 12.3. The topological polar surface area (TPSA) is 89.3 Å². The summed E-state index contributed by atoms with van der Waals surface area (Å²) in [5.41, 5.74) is 7.53. The molecule has 0 aliphatic heterocycles. The Kier molecular flexibility index (Phi) is 4.82. The normalized spacial score (nSPS) is 11.1. The molecule has 0 saturated heterocycles. The Bertz CT molecular complexity index is 751. The number of carbonyl (C=O) groups excluding carboxylic acids is 1. The molecule has 0 aromatic heterocycles. The molecule has 2 aromatic carbocycles. The second-order valence-electron chi connectivity index (χ2n) is 5.08. The first-order valence-electron chi connectivity index (χ1n) is 6.83. The predicted molar refractivity (Wildman–Crippen MR) is 85.9 cm³/mol. The van der Waals surface area contributed by atoms with E-state index in [9.17, 15) is 13.2 Å². The van der Waals surface area contributed by atoms with Crippen LogP contribution in [-0.4, -0.2) is 14.3 Å². The molecule has 0 fully saturated rings. The van der Waals surface area contributed by atoms with Crippen LogP contribution < -0.4 is 10.5 Å². The minimum atomic E-state index is -3.62. The molecule has 0 radical (unpaired) electrons. The molecule has 6 heteroatoms. The van der Waals surface area contributed by atoms with Gasteiger partial charge in [-0.05, 0) is 43.2 Å². The highest BCUT2D eigenvalue weighted by Crippen LogP contribution is 2.17. The van der Waals surface area contributed by atoms with E-state index in [1.165, 1.54) is 12.1 Å². The summed E-state index contributed by atoms with van der Waals surface area (Å²) in [7, 11) is -3.62. The van der Waals surface area contributed by atoms with Crippen LogP contribution in [0.1, 0.15) is 17.5 Å². The Balaban J connectivity index is 2.12. The van der Waals surface area contributed by atoms with Gasteiger partial charge in [0.2, 0.25) is 5.91 Å². The van der Waals surface area contributed by atoms with Crippen molar-refractivity contribution in [1.82, 2.24) is 0 Å². The molecule has 0 atom stereocenters. The Morgan fingerprint density at radius 2 is 1.64 bits per heavy atom. The van der Waals surface area contributed by atoms with E-state index >= 15 is 0 Å². The second kappa shape index (κ2) is 6.62. The molecule has 0 aliphatic carbocycles. The van der Waals surface area contributed by atoms with E-state index in [4.69, 9.17) is 5.73 Å². The minimum Gasteiger partial charge on any atom is -0.370 e. The first kappa shape index (κ1) is 16.0. The second-order valence-corrected chi connectivity index (χ2v) is 6.76. The van der Waals surface area contributed by atoms with E-state index in [1.807, 2.05) is 19.1 Å². The van der Waals surface area contributed by atoms with Gasteiger partial charge in [0.25, 0.3) is 10.0 Å². The summed E-state index contributed by atoms with van der Waals surface area (Å²) >= 11 is 0. The van der Waals surface area contributed by atoms with Crippen LogP contribution in [0.3, 0.4) is 0 Å². The number of primary amides is 1. The maximum atomic E-state index is 12.3. The Morgan fingerprint density at radius 1 is 1.05 bits per heavy atom. The number of hydrogen-bond donors (Lipinski definition) is 2. The van der Waals surface area contributed by atoms with Gasteiger partial charge in [-0.15, -0.1) is 0 Å². The Labute approximate surface area is 130 Å². The summed E-state index contributed by atoms with van der Waals surface area (Å²) in [6.07, 6.45) is 0.745. The molecule has 0 bridgehead atoms. The first-order chi connectivity index (χ1) is 10.4. The van der Waals surface area contributed by atoms with Crippen molar-refractivity contribution in [2.75, 3.05) is 4.72 Å².